The Morgan fingerprint density at radius 3 is 1.26 bits per heavy atom. The Morgan fingerprint density at radius 1 is 0.500 bits per heavy atom. The Labute approximate surface area is 360 Å². The Kier molecular flexibility index (Phi) is 43.6. The zero-order valence-corrected chi connectivity index (χ0v) is 39.2. The van der Waals surface area contributed by atoms with Gasteiger partial charge in [0.1, 0.15) is 6.10 Å². The van der Waals surface area contributed by atoms with E-state index in [0.717, 1.165) is 57.5 Å². The number of esters is 2. The average molecular weight is 822 g/mol. The molecule has 1 fully saturated rings. The molecule has 0 aliphatic carbocycles. The predicted molar refractivity (Wildman–Crippen MR) is 246 cm³/mol. The SMILES string of the molecule is CCCCCC(CCCCC)CCCCCCCCCCC(CCCCCCCCC(=O)OCCC(CCCCC)CCCCC)OC(=O)CN1CCCC1.O=CO. The Bertz CT molecular complexity index is 857. The van der Waals surface area contributed by atoms with Crippen molar-refractivity contribution in [1.82, 2.24) is 4.90 Å². The quantitative estimate of drug-likeness (QED) is 0.0372. The summed E-state index contributed by atoms with van der Waals surface area (Å²) in [4.78, 5) is 35.8. The molecule has 0 aromatic carbocycles. The number of unbranched alkanes of at least 4 members (excludes halogenated alkanes) is 20. The summed E-state index contributed by atoms with van der Waals surface area (Å²) >= 11 is 0. The normalized spacial score (nSPS) is 13.5. The highest BCUT2D eigenvalue weighted by molar-refractivity contribution is 5.72. The number of likely N-dealkylation sites (tertiary alicyclic amines) is 1. The molecule has 1 heterocycles. The Balaban J connectivity index is 0.0000105. The lowest BCUT2D eigenvalue weighted by molar-refractivity contribution is -0.151. The van der Waals surface area contributed by atoms with E-state index >= 15 is 0 Å². The van der Waals surface area contributed by atoms with Gasteiger partial charge in [-0.05, 0) is 76.3 Å². The molecule has 0 saturated carbocycles. The molecular formula is C51H99NO6. The molecule has 1 saturated heterocycles. The van der Waals surface area contributed by atoms with Crippen LogP contribution in [0.25, 0.3) is 0 Å². The number of hydrogen-bond acceptors (Lipinski definition) is 6. The standard InChI is InChI=1S/C50H97NO4.CH2O2/c1-5-9-23-33-46(34-24-10-6-2)37-27-19-15-13-14-16-20-28-38-48(55-50(53)45-51-42-31-32-43-51)39-29-21-17-18-22-30-40-49(52)54-44-41-47(35-25-11-7-3)36-26-12-8-4;2-1-3/h46-48H,5-45H2,1-4H3;1H,(H,2,3). The lowest BCUT2D eigenvalue weighted by Gasteiger charge is -2.20. The maximum absolute atomic E-state index is 12.8. The molecule has 1 aliphatic rings. The van der Waals surface area contributed by atoms with Crippen molar-refractivity contribution >= 4 is 18.4 Å². The summed E-state index contributed by atoms with van der Waals surface area (Å²) < 4.78 is 11.8. The van der Waals surface area contributed by atoms with Gasteiger partial charge in [0.2, 0.25) is 0 Å². The molecule has 0 radical (unpaired) electrons. The fraction of sp³-hybridized carbons (Fsp3) is 0.941. The van der Waals surface area contributed by atoms with Crippen LogP contribution in [0.15, 0.2) is 0 Å². The van der Waals surface area contributed by atoms with E-state index in [1.807, 2.05) is 0 Å². The van der Waals surface area contributed by atoms with Gasteiger partial charge in [-0.3, -0.25) is 19.3 Å². The maximum Gasteiger partial charge on any atom is 0.320 e. The number of rotatable bonds is 42. The summed E-state index contributed by atoms with van der Waals surface area (Å²) in [7, 11) is 0. The minimum absolute atomic E-state index is 0.00543. The fourth-order valence-electron chi connectivity index (χ4n) is 8.83. The topological polar surface area (TPSA) is 93.1 Å². The second-order valence-electron chi connectivity index (χ2n) is 18.0. The number of carbonyl (C=O) groups excluding carboxylic acids is 2. The van der Waals surface area contributed by atoms with Gasteiger partial charge in [-0.1, -0.05) is 207 Å². The van der Waals surface area contributed by atoms with Gasteiger partial charge in [-0.15, -0.1) is 0 Å². The Morgan fingerprint density at radius 2 is 0.845 bits per heavy atom. The highest BCUT2D eigenvalue weighted by atomic mass is 16.5. The van der Waals surface area contributed by atoms with Crippen molar-refractivity contribution in [3.05, 3.63) is 0 Å². The first kappa shape index (κ1) is 56.4. The van der Waals surface area contributed by atoms with Gasteiger partial charge in [-0.2, -0.15) is 0 Å². The zero-order valence-electron chi connectivity index (χ0n) is 39.2. The zero-order chi connectivity index (χ0) is 42.6. The van der Waals surface area contributed by atoms with Crippen LogP contribution >= 0.6 is 0 Å². The van der Waals surface area contributed by atoms with Gasteiger partial charge in [0.15, 0.2) is 0 Å². The van der Waals surface area contributed by atoms with Gasteiger partial charge in [0.25, 0.3) is 6.47 Å². The molecule has 0 amide bonds. The monoisotopic (exact) mass is 822 g/mol. The van der Waals surface area contributed by atoms with E-state index < -0.39 is 0 Å². The first-order valence-corrected chi connectivity index (χ1v) is 25.6. The molecule has 7 nitrogen and oxygen atoms in total. The highest BCUT2D eigenvalue weighted by Gasteiger charge is 2.20. The van der Waals surface area contributed by atoms with Crippen LogP contribution in [-0.4, -0.2) is 60.8 Å². The van der Waals surface area contributed by atoms with E-state index in [1.165, 1.54) is 193 Å². The molecular weight excluding hydrogens is 723 g/mol. The maximum atomic E-state index is 12.8. The summed E-state index contributed by atoms with van der Waals surface area (Å²) in [5.74, 6) is 1.67. The summed E-state index contributed by atoms with van der Waals surface area (Å²) in [5, 5.41) is 6.89. The van der Waals surface area contributed by atoms with Crippen LogP contribution in [0, 0.1) is 11.8 Å². The molecule has 1 atom stereocenters. The second-order valence-corrected chi connectivity index (χ2v) is 18.0. The highest BCUT2D eigenvalue weighted by Crippen LogP contribution is 2.25. The largest absolute Gasteiger partial charge is 0.483 e. The van der Waals surface area contributed by atoms with E-state index in [0.29, 0.717) is 25.5 Å². The lowest BCUT2D eigenvalue weighted by Crippen LogP contribution is -2.31. The summed E-state index contributed by atoms with van der Waals surface area (Å²) in [5.41, 5.74) is 0. The van der Waals surface area contributed by atoms with Crippen LogP contribution in [0.3, 0.4) is 0 Å². The van der Waals surface area contributed by atoms with Crippen molar-refractivity contribution in [2.24, 2.45) is 11.8 Å². The molecule has 0 aromatic heterocycles. The van der Waals surface area contributed by atoms with Crippen LogP contribution in [0.5, 0.6) is 0 Å². The number of carboxylic acid groups (broad SMARTS) is 1. The number of hydrogen-bond donors (Lipinski definition) is 1. The van der Waals surface area contributed by atoms with E-state index in [-0.39, 0.29) is 24.5 Å². The third kappa shape index (κ3) is 38.6. The molecule has 1 rings (SSSR count). The smallest absolute Gasteiger partial charge is 0.320 e. The molecule has 0 aromatic rings. The summed E-state index contributed by atoms with van der Waals surface area (Å²) in [6.45, 7) is 12.1. The van der Waals surface area contributed by atoms with Crippen LogP contribution in [0.4, 0.5) is 0 Å². The third-order valence-electron chi connectivity index (χ3n) is 12.5. The summed E-state index contributed by atoms with van der Waals surface area (Å²) in [6, 6.07) is 0. The van der Waals surface area contributed by atoms with E-state index in [4.69, 9.17) is 19.4 Å². The molecule has 1 aliphatic heterocycles. The molecule has 0 bridgehead atoms. The summed E-state index contributed by atoms with van der Waals surface area (Å²) in [6.07, 6.45) is 46.6. The average Bonchev–Trinajstić information content (AvgIpc) is 3.72. The molecule has 7 heteroatoms. The lowest BCUT2D eigenvalue weighted by atomic mass is 9.90. The molecule has 58 heavy (non-hydrogen) atoms. The number of ether oxygens (including phenoxy) is 2. The van der Waals surface area contributed by atoms with Crippen LogP contribution in [0.1, 0.15) is 265 Å². The number of carbonyl (C=O) groups is 3. The third-order valence-corrected chi connectivity index (χ3v) is 12.5. The minimum atomic E-state index is -0.250. The van der Waals surface area contributed by atoms with E-state index in [1.54, 1.807) is 0 Å². The predicted octanol–water partition coefficient (Wildman–Crippen LogP) is 15.2. The van der Waals surface area contributed by atoms with Crippen LogP contribution < -0.4 is 0 Å². The van der Waals surface area contributed by atoms with Gasteiger partial charge in [0, 0.05) is 6.42 Å². The van der Waals surface area contributed by atoms with Gasteiger partial charge < -0.3 is 14.6 Å². The fourth-order valence-corrected chi connectivity index (χ4v) is 8.83. The van der Waals surface area contributed by atoms with Gasteiger partial charge >= 0.3 is 11.9 Å². The van der Waals surface area contributed by atoms with Crippen molar-refractivity contribution in [2.75, 3.05) is 26.2 Å². The first-order chi connectivity index (χ1) is 28.4. The van der Waals surface area contributed by atoms with Crippen molar-refractivity contribution < 1.29 is 29.0 Å². The van der Waals surface area contributed by atoms with Crippen molar-refractivity contribution in [3.63, 3.8) is 0 Å². The van der Waals surface area contributed by atoms with Crippen molar-refractivity contribution in [1.29, 1.82) is 0 Å². The van der Waals surface area contributed by atoms with Crippen molar-refractivity contribution in [2.45, 2.75) is 271 Å². The second kappa shape index (κ2) is 44.9. The van der Waals surface area contributed by atoms with E-state index in [2.05, 4.69) is 32.6 Å². The Hall–Kier alpha value is -1.63. The molecule has 0 spiro atoms. The van der Waals surface area contributed by atoms with Crippen molar-refractivity contribution in [3.8, 4) is 0 Å². The minimum Gasteiger partial charge on any atom is -0.483 e. The number of nitrogens with zero attached hydrogens (tertiary/aromatic N) is 1. The van der Waals surface area contributed by atoms with Crippen LogP contribution in [-0.2, 0) is 23.9 Å². The van der Waals surface area contributed by atoms with Crippen LogP contribution in [0.2, 0.25) is 0 Å². The molecule has 1 unspecified atom stereocenters. The van der Waals surface area contributed by atoms with E-state index in [9.17, 15) is 9.59 Å². The van der Waals surface area contributed by atoms with Gasteiger partial charge in [-0.25, -0.2) is 0 Å². The molecule has 1 N–H and O–H groups in total. The van der Waals surface area contributed by atoms with Gasteiger partial charge in [0.05, 0.1) is 13.2 Å². The molecule has 344 valence electrons. The first-order valence-electron chi connectivity index (χ1n) is 25.6.